The predicted molar refractivity (Wildman–Crippen MR) is 63.8 cm³/mol. The highest BCUT2D eigenvalue weighted by Gasteiger charge is 2.12. The van der Waals surface area contributed by atoms with Gasteiger partial charge in [-0.2, -0.15) is 0 Å². The van der Waals surface area contributed by atoms with Crippen molar-refractivity contribution in [1.29, 1.82) is 0 Å². The van der Waals surface area contributed by atoms with Crippen LogP contribution in [-0.2, 0) is 0 Å². The molecule has 5 heteroatoms. The molecule has 0 radical (unpaired) electrons. The van der Waals surface area contributed by atoms with Crippen molar-refractivity contribution in [3.8, 4) is 5.75 Å². The van der Waals surface area contributed by atoms with Crippen LogP contribution in [0.25, 0.3) is 0 Å². The van der Waals surface area contributed by atoms with E-state index >= 15 is 0 Å². The number of hydrogen-bond acceptors (Lipinski definition) is 2. The van der Waals surface area contributed by atoms with Gasteiger partial charge in [0.25, 0.3) is 0 Å². The molecule has 0 saturated carbocycles. The molecule has 0 aromatic heterocycles. The molecule has 0 aliphatic carbocycles. The van der Waals surface area contributed by atoms with Crippen molar-refractivity contribution in [3.05, 3.63) is 27.7 Å². The second kappa shape index (κ2) is 5.97. The van der Waals surface area contributed by atoms with Crippen LogP contribution in [0.1, 0.15) is 30.1 Å². The maximum atomic E-state index is 10.7. The number of benzene rings is 1. The zero-order valence-corrected chi connectivity index (χ0v) is 10.3. The summed E-state index contributed by atoms with van der Waals surface area (Å²) >= 11 is 11.8. The van der Waals surface area contributed by atoms with Gasteiger partial charge in [0.05, 0.1) is 22.2 Å². The summed E-state index contributed by atoms with van der Waals surface area (Å²) in [6.07, 6.45) is 1.90. The van der Waals surface area contributed by atoms with E-state index in [2.05, 4.69) is 0 Å². The van der Waals surface area contributed by atoms with Crippen molar-refractivity contribution in [3.63, 3.8) is 0 Å². The molecule has 16 heavy (non-hydrogen) atoms. The minimum Gasteiger partial charge on any atom is -0.490 e. The van der Waals surface area contributed by atoms with Crippen LogP contribution >= 0.6 is 23.2 Å². The van der Waals surface area contributed by atoms with Gasteiger partial charge in [0.1, 0.15) is 0 Å². The molecule has 0 fully saturated rings. The SMILES string of the molecule is CCCCOc1c(Cl)cc(C(=O)O)cc1Cl. The van der Waals surface area contributed by atoms with Gasteiger partial charge in [0.2, 0.25) is 0 Å². The third kappa shape index (κ3) is 3.29. The number of rotatable bonds is 5. The molecule has 1 N–H and O–H groups in total. The molecule has 0 spiro atoms. The maximum Gasteiger partial charge on any atom is 0.335 e. The van der Waals surface area contributed by atoms with E-state index in [1.807, 2.05) is 6.92 Å². The molecule has 0 bridgehead atoms. The van der Waals surface area contributed by atoms with Gasteiger partial charge in [-0.25, -0.2) is 4.79 Å². The molecule has 0 aliphatic heterocycles. The van der Waals surface area contributed by atoms with Gasteiger partial charge in [-0.1, -0.05) is 36.5 Å². The maximum absolute atomic E-state index is 10.7. The lowest BCUT2D eigenvalue weighted by molar-refractivity contribution is 0.0697. The average Bonchev–Trinajstić information content (AvgIpc) is 2.21. The first-order valence-electron chi connectivity index (χ1n) is 4.91. The highest BCUT2D eigenvalue weighted by molar-refractivity contribution is 6.37. The van der Waals surface area contributed by atoms with Crippen LogP contribution in [-0.4, -0.2) is 17.7 Å². The Morgan fingerprint density at radius 2 is 1.94 bits per heavy atom. The Morgan fingerprint density at radius 3 is 2.38 bits per heavy atom. The Hall–Kier alpha value is -0.930. The molecule has 0 amide bonds. The van der Waals surface area contributed by atoms with Gasteiger partial charge in [-0.3, -0.25) is 0 Å². The van der Waals surface area contributed by atoms with Crippen molar-refractivity contribution in [2.24, 2.45) is 0 Å². The lowest BCUT2D eigenvalue weighted by atomic mass is 10.2. The quantitative estimate of drug-likeness (QED) is 0.820. The van der Waals surface area contributed by atoms with E-state index in [1.165, 1.54) is 12.1 Å². The Kier molecular flexibility index (Phi) is 4.90. The predicted octanol–water partition coefficient (Wildman–Crippen LogP) is 3.87. The Balaban J connectivity index is 2.89. The van der Waals surface area contributed by atoms with Gasteiger partial charge in [-0.05, 0) is 18.6 Å². The van der Waals surface area contributed by atoms with Crippen molar-refractivity contribution < 1.29 is 14.6 Å². The number of aromatic carboxylic acids is 1. The van der Waals surface area contributed by atoms with Crippen molar-refractivity contribution in [2.45, 2.75) is 19.8 Å². The molecule has 1 rings (SSSR count). The number of carboxylic acids is 1. The summed E-state index contributed by atoms with van der Waals surface area (Å²) < 4.78 is 5.39. The number of carbonyl (C=O) groups is 1. The zero-order chi connectivity index (χ0) is 12.1. The number of carboxylic acid groups (broad SMARTS) is 1. The smallest absolute Gasteiger partial charge is 0.335 e. The van der Waals surface area contributed by atoms with Gasteiger partial charge in [0.15, 0.2) is 5.75 Å². The molecule has 88 valence electrons. The highest BCUT2D eigenvalue weighted by atomic mass is 35.5. The second-order valence-electron chi connectivity index (χ2n) is 3.28. The van der Waals surface area contributed by atoms with E-state index in [4.69, 9.17) is 33.0 Å². The fourth-order valence-corrected chi connectivity index (χ4v) is 1.74. The fraction of sp³-hybridized carbons (Fsp3) is 0.364. The molecule has 0 atom stereocenters. The highest BCUT2D eigenvalue weighted by Crippen LogP contribution is 2.34. The first kappa shape index (κ1) is 13.1. The third-order valence-corrected chi connectivity index (χ3v) is 2.55. The summed E-state index contributed by atoms with van der Waals surface area (Å²) in [5.41, 5.74) is 0.0536. The minimum absolute atomic E-state index is 0.0536. The van der Waals surface area contributed by atoms with E-state index in [0.717, 1.165) is 12.8 Å². The van der Waals surface area contributed by atoms with Crippen LogP contribution in [0.15, 0.2) is 12.1 Å². The standard InChI is InChI=1S/C11H12Cl2O3/c1-2-3-4-16-10-8(12)5-7(11(14)15)6-9(10)13/h5-6H,2-4H2,1H3,(H,14,15). The lowest BCUT2D eigenvalue weighted by Crippen LogP contribution is -2.01. The molecule has 0 unspecified atom stereocenters. The molecule has 0 saturated heterocycles. The average molecular weight is 263 g/mol. The zero-order valence-electron chi connectivity index (χ0n) is 8.80. The molecule has 1 aromatic carbocycles. The van der Waals surface area contributed by atoms with E-state index in [0.29, 0.717) is 12.4 Å². The molecule has 0 aliphatic rings. The van der Waals surface area contributed by atoms with Gasteiger partial charge in [-0.15, -0.1) is 0 Å². The first-order valence-corrected chi connectivity index (χ1v) is 5.67. The summed E-state index contributed by atoms with van der Waals surface area (Å²) in [5, 5.41) is 9.23. The molecular formula is C11H12Cl2O3. The monoisotopic (exact) mass is 262 g/mol. The topological polar surface area (TPSA) is 46.5 Å². The minimum atomic E-state index is -1.07. The number of unbranched alkanes of at least 4 members (excludes halogenated alkanes) is 1. The van der Waals surface area contributed by atoms with Crippen LogP contribution in [0.3, 0.4) is 0 Å². The van der Waals surface area contributed by atoms with Crippen molar-refractivity contribution >= 4 is 29.2 Å². The van der Waals surface area contributed by atoms with Crippen LogP contribution in [0.4, 0.5) is 0 Å². The van der Waals surface area contributed by atoms with Crippen LogP contribution in [0, 0.1) is 0 Å². The first-order chi connectivity index (χ1) is 7.56. The number of halogens is 2. The summed E-state index contributed by atoms with van der Waals surface area (Å²) in [4.78, 5) is 10.7. The molecule has 1 aromatic rings. The second-order valence-corrected chi connectivity index (χ2v) is 4.09. The normalized spacial score (nSPS) is 10.2. The summed E-state index contributed by atoms with van der Waals surface area (Å²) in [6.45, 7) is 2.56. The van der Waals surface area contributed by atoms with Crippen LogP contribution in [0.2, 0.25) is 10.0 Å². The molecule has 0 heterocycles. The molecule has 3 nitrogen and oxygen atoms in total. The Morgan fingerprint density at radius 1 is 1.38 bits per heavy atom. The van der Waals surface area contributed by atoms with Gasteiger partial charge in [0, 0.05) is 0 Å². The summed E-state index contributed by atoms with van der Waals surface area (Å²) in [7, 11) is 0. The molecular weight excluding hydrogens is 251 g/mol. The van der Waals surface area contributed by atoms with Crippen LogP contribution in [0.5, 0.6) is 5.75 Å². The van der Waals surface area contributed by atoms with Crippen molar-refractivity contribution in [2.75, 3.05) is 6.61 Å². The lowest BCUT2D eigenvalue weighted by Gasteiger charge is -2.10. The van der Waals surface area contributed by atoms with Crippen LogP contribution < -0.4 is 4.74 Å². The Labute approximate surface area is 104 Å². The largest absolute Gasteiger partial charge is 0.490 e. The summed E-state index contributed by atoms with van der Waals surface area (Å²) in [6, 6.07) is 2.66. The third-order valence-electron chi connectivity index (χ3n) is 1.99. The van der Waals surface area contributed by atoms with Crippen molar-refractivity contribution in [1.82, 2.24) is 0 Å². The Bertz CT molecular complexity index is 368. The number of ether oxygens (including phenoxy) is 1. The number of hydrogen-bond donors (Lipinski definition) is 1. The van der Waals surface area contributed by atoms with E-state index in [9.17, 15) is 4.79 Å². The van der Waals surface area contributed by atoms with E-state index < -0.39 is 5.97 Å². The van der Waals surface area contributed by atoms with Gasteiger partial charge >= 0.3 is 5.97 Å². The fourth-order valence-electron chi connectivity index (χ4n) is 1.14. The van der Waals surface area contributed by atoms with E-state index in [1.54, 1.807) is 0 Å². The summed E-state index contributed by atoms with van der Waals surface area (Å²) in [5.74, 6) is -0.717. The van der Waals surface area contributed by atoms with Gasteiger partial charge < -0.3 is 9.84 Å². The van der Waals surface area contributed by atoms with E-state index in [-0.39, 0.29) is 15.6 Å².